The summed E-state index contributed by atoms with van der Waals surface area (Å²) in [4.78, 5) is 0. The van der Waals surface area contributed by atoms with E-state index >= 15 is 0 Å². The van der Waals surface area contributed by atoms with Gasteiger partial charge in [0.15, 0.2) is 0 Å². The third-order valence-corrected chi connectivity index (χ3v) is 2.31. The predicted molar refractivity (Wildman–Crippen MR) is 55.2 cm³/mol. The van der Waals surface area contributed by atoms with Crippen molar-refractivity contribution in [2.75, 3.05) is 0 Å². The van der Waals surface area contributed by atoms with Crippen LogP contribution in [0.2, 0.25) is 0 Å². The van der Waals surface area contributed by atoms with E-state index in [1.54, 1.807) is 12.3 Å². The molecule has 0 saturated carbocycles. The minimum atomic E-state index is 0.325. The molecule has 2 aromatic rings. The van der Waals surface area contributed by atoms with E-state index in [0.717, 1.165) is 22.4 Å². The maximum absolute atomic E-state index is 9.38. The first-order valence-corrected chi connectivity index (χ1v) is 4.48. The third-order valence-electron chi connectivity index (χ3n) is 2.31. The molecule has 0 unspecified atom stereocenters. The summed E-state index contributed by atoms with van der Waals surface area (Å²) in [6.07, 6.45) is 1.79. The Morgan fingerprint density at radius 1 is 1.21 bits per heavy atom. The lowest BCUT2D eigenvalue weighted by Crippen LogP contribution is -1.82. The van der Waals surface area contributed by atoms with Crippen molar-refractivity contribution in [3.8, 4) is 17.0 Å². The van der Waals surface area contributed by atoms with Gasteiger partial charge in [0.2, 0.25) is 0 Å². The summed E-state index contributed by atoms with van der Waals surface area (Å²) in [5.41, 5.74) is 4.04. The normalized spacial score (nSPS) is 10.4. The molecule has 0 radical (unpaired) electrons. The molecule has 0 spiro atoms. The maximum atomic E-state index is 9.38. The molecular formula is C11H12N2O. The summed E-state index contributed by atoms with van der Waals surface area (Å²) < 4.78 is 0. The first-order chi connectivity index (χ1) is 6.68. The highest BCUT2D eigenvalue weighted by Gasteiger charge is 2.05. The Hall–Kier alpha value is -1.77. The van der Waals surface area contributed by atoms with Gasteiger partial charge in [0, 0.05) is 5.56 Å². The van der Waals surface area contributed by atoms with Gasteiger partial charge in [-0.1, -0.05) is 0 Å². The van der Waals surface area contributed by atoms with Crippen LogP contribution in [0.5, 0.6) is 5.75 Å². The third kappa shape index (κ3) is 1.37. The van der Waals surface area contributed by atoms with Crippen molar-refractivity contribution in [1.82, 2.24) is 10.2 Å². The van der Waals surface area contributed by atoms with Crippen LogP contribution in [0.15, 0.2) is 24.4 Å². The summed E-state index contributed by atoms with van der Waals surface area (Å²) in [6.45, 7) is 3.88. The van der Waals surface area contributed by atoms with Crippen molar-refractivity contribution >= 4 is 0 Å². The van der Waals surface area contributed by atoms with Crippen molar-refractivity contribution < 1.29 is 5.11 Å². The molecule has 2 N–H and O–H groups in total. The molecular weight excluding hydrogens is 176 g/mol. The van der Waals surface area contributed by atoms with Crippen LogP contribution in [0.1, 0.15) is 11.1 Å². The number of benzene rings is 1. The number of H-pyrrole nitrogens is 1. The lowest BCUT2D eigenvalue weighted by molar-refractivity contribution is 0.471. The van der Waals surface area contributed by atoms with Crippen molar-refractivity contribution in [1.29, 1.82) is 0 Å². The van der Waals surface area contributed by atoms with E-state index in [0.29, 0.717) is 5.75 Å². The number of phenolic OH excluding ortho intramolecular Hbond substituents is 1. The molecule has 0 aliphatic heterocycles. The van der Waals surface area contributed by atoms with Crippen LogP contribution in [0.25, 0.3) is 11.3 Å². The number of aromatic amines is 1. The smallest absolute Gasteiger partial charge is 0.118 e. The van der Waals surface area contributed by atoms with Crippen molar-refractivity contribution in [3.63, 3.8) is 0 Å². The number of phenols is 1. The number of rotatable bonds is 1. The molecule has 14 heavy (non-hydrogen) atoms. The fraction of sp³-hybridized carbons (Fsp3) is 0.182. The number of hydrogen-bond donors (Lipinski definition) is 2. The van der Waals surface area contributed by atoms with Crippen molar-refractivity contribution in [3.05, 3.63) is 35.5 Å². The second kappa shape index (κ2) is 3.18. The Balaban J connectivity index is 2.53. The van der Waals surface area contributed by atoms with Crippen molar-refractivity contribution in [2.45, 2.75) is 13.8 Å². The van der Waals surface area contributed by atoms with Crippen LogP contribution < -0.4 is 0 Å². The SMILES string of the molecule is Cc1cc(-c2[nH]ncc2C)ccc1O. The van der Waals surface area contributed by atoms with E-state index in [1.165, 1.54) is 0 Å². The molecule has 1 aromatic carbocycles. The Morgan fingerprint density at radius 3 is 2.57 bits per heavy atom. The minimum Gasteiger partial charge on any atom is -0.508 e. The lowest BCUT2D eigenvalue weighted by atomic mass is 10.1. The van der Waals surface area contributed by atoms with E-state index < -0.39 is 0 Å². The van der Waals surface area contributed by atoms with Crippen LogP contribution in [0.4, 0.5) is 0 Å². The Labute approximate surface area is 82.4 Å². The molecule has 0 aliphatic carbocycles. The zero-order valence-corrected chi connectivity index (χ0v) is 8.20. The molecule has 0 atom stereocenters. The summed E-state index contributed by atoms with van der Waals surface area (Å²) in [7, 11) is 0. The fourth-order valence-corrected chi connectivity index (χ4v) is 1.45. The zero-order valence-electron chi connectivity index (χ0n) is 8.20. The van der Waals surface area contributed by atoms with Gasteiger partial charge in [0.05, 0.1) is 11.9 Å². The van der Waals surface area contributed by atoms with E-state index in [2.05, 4.69) is 10.2 Å². The van der Waals surface area contributed by atoms with Crippen LogP contribution in [0, 0.1) is 13.8 Å². The molecule has 3 nitrogen and oxygen atoms in total. The number of nitrogens with one attached hydrogen (secondary N) is 1. The summed E-state index contributed by atoms with van der Waals surface area (Å²) in [6, 6.07) is 5.52. The molecule has 0 amide bonds. The first-order valence-electron chi connectivity index (χ1n) is 4.48. The van der Waals surface area contributed by atoms with Crippen LogP contribution in [-0.2, 0) is 0 Å². The average Bonchev–Trinajstić information content (AvgIpc) is 2.57. The summed E-state index contributed by atoms with van der Waals surface area (Å²) in [5, 5.41) is 16.3. The zero-order chi connectivity index (χ0) is 10.1. The Morgan fingerprint density at radius 2 is 2.00 bits per heavy atom. The molecule has 72 valence electrons. The predicted octanol–water partition coefficient (Wildman–Crippen LogP) is 2.40. The second-order valence-electron chi connectivity index (χ2n) is 3.43. The standard InChI is InChI=1S/C11H12N2O/c1-7-5-9(3-4-10(7)14)11-8(2)6-12-13-11/h3-6,14H,1-2H3,(H,12,13). The van der Waals surface area contributed by atoms with E-state index in [9.17, 15) is 5.11 Å². The van der Waals surface area contributed by atoms with E-state index in [4.69, 9.17) is 0 Å². The quantitative estimate of drug-likeness (QED) is 0.722. The topological polar surface area (TPSA) is 48.9 Å². The van der Waals surface area contributed by atoms with Gasteiger partial charge >= 0.3 is 0 Å². The van der Waals surface area contributed by atoms with Crippen LogP contribution >= 0.6 is 0 Å². The Kier molecular flexibility index (Phi) is 2.00. The molecule has 3 heteroatoms. The van der Waals surface area contributed by atoms with Gasteiger partial charge in [0.1, 0.15) is 5.75 Å². The van der Waals surface area contributed by atoms with Gasteiger partial charge in [0.25, 0.3) is 0 Å². The molecule has 1 heterocycles. The van der Waals surface area contributed by atoms with Crippen LogP contribution in [-0.4, -0.2) is 15.3 Å². The highest BCUT2D eigenvalue weighted by molar-refractivity contribution is 5.64. The molecule has 0 bridgehead atoms. The monoisotopic (exact) mass is 188 g/mol. The number of aromatic hydroxyl groups is 1. The van der Waals surface area contributed by atoms with Crippen LogP contribution in [0.3, 0.4) is 0 Å². The number of aromatic nitrogens is 2. The molecule has 0 saturated heterocycles. The highest BCUT2D eigenvalue weighted by atomic mass is 16.3. The molecule has 2 rings (SSSR count). The van der Waals surface area contributed by atoms with E-state index in [-0.39, 0.29) is 0 Å². The second-order valence-corrected chi connectivity index (χ2v) is 3.43. The Bertz CT molecular complexity index is 460. The minimum absolute atomic E-state index is 0.325. The number of nitrogens with zero attached hydrogens (tertiary/aromatic N) is 1. The largest absolute Gasteiger partial charge is 0.508 e. The van der Waals surface area contributed by atoms with Crippen molar-refractivity contribution in [2.24, 2.45) is 0 Å². The number of aryl methyl sites for hydroxylation is 2. The molecule has 0 fully saturated rings. The molecule has 0 aliphatic rings. The summed E-state index contributed by atoms with van der Waals surface area (Å²) >= 11 is 0. The lowest BCUT2D eigenvalue weighted by Gasteiger charge is -2.02. The average molecular weight is 188 g/mol. The van der Waals surface area contributed by atoms with Gasteiger partial charge in [-0.15, -0.1) is 0 Å². The summed E-state index contributed by atoms with van der Waals surface area (Å²) in [5.74, 6) is 0.325. The van der Waals surface area contributed by atoms with Gasteiger partial charge in [-0.05, 0) is 43.2 Å². The number of hydrogen-bond acceptors (Lipinski definition) is 2. The van der Waals surface area contributed by atoms with Gasteiger partial charge in [-0.3, -0.25) is 5.10 Å². The van der Waals surface area contributed by atoms with Gasteiger partial charge in [-0.2, -0.15) is 5.10 Å². The first kappa shape index (κ1) is 8.81. The maximum Gasteiger partial charge on any atom is 0.118 e. The fourth-order valence-electron chi connectivity index (χ4n) is 1.45. The van der Waals surface area contributed by atoms with Gasteiger partial charge in [-0.25, -0.2) is 0 Å². The molecule has 1 aromatic heterocycles. The van der Waals surface area contributed by atoms with E-state index in [1.807, 2.05) is 26.0 Å². The van der Waals surface area contributed by atoms with Gasteiger partial charge < -0.3 is 5.11 Å². The highest BCUT2D eigenvalue weighted by Crippen LogP contribution is 2.25.